The molecule has 0 fully saturated rings. The van der Waals surface area contributed by atoms with Crippen LogP contribution in [-0.4, -0.2) is 38.1 Å². The number of nitrogens with zero attached hydrogens (tertiary/aromatic N) is 2. The number of rotatable bonds is 6. The van der Waals surface area contributed by atoms with E-state index in [0.717, 1.165) is 12.8 Å². The van der Waals surface area contributed by atoms with Crippen molar-refractivity contribution in [1.82, 2.24) is 0 Å². The molecule has 0 N–H and O–H groups in total. The molecular formula is C14H26N2O2. The van der Waals surface area contributed by atoms with Crippen molar-refractivity contribution in [3.05, 3.63) is 0 Å². The van der Waals surface area contributed by atoms with Crippen LogP contribution in [0.25, 0.3) is 0 Å². The third kappa shape index (κ3) is 2.81. The van der Waals surface area contributed by atoms with E-state index < -0.39 is 11.4 Å². The van der Waals surface area contributed by atoms with Crippen molar-refractivity contribution in [3.8, 4) is 0 Å². The maximum absolute atomic E-state index is 5.61. The van der Waals surface area contributed by atoms with Gasteiger partial charge in [-0.3, -0.25) is 4.99 Å². The molecule has 0 aromatic rings. The van der Waals surface area contributed by atoms with Crippen LogP contribution in [0.15, 0.2) is 9.98 Å². The second kappa shape index (κ2) is 5.93. The Labute approximate surface area is 110 Å². The predicted octanol–water partition coefficient (Wildman–Crippen LogP) is 2.92. The van der Waals surface area contributed by atoms with Crippen LogP contribution in [0.4, 0.5) is 0 Å². The van der Waals surface area contributed by atoms with Gasteiger partial charge in [0, 0.05) is 26.6 Å². The minimum atomic E-state index is -0.990. The highest BCUT2D eigenvalue weighted by Crippen LogP contribution is 2.42. The second-order valence-electron chi connectivity index (χ2n) is 5.77. The fraction of sp³-hybridized carbons (Fsp3) is 0.857. The van der Waals surface area contributed by atoms with Crippen LogP contribution in [0.5, 0.6) is 0 Å². The highest BCUT2D eigenvalue weighted by molar-refractivity contribution is 6.16. The molecule has 0 saturated carbocycles. The molecule has 1 heterocycles. The number of hydrogen-bond donors (Lipinski definition) is 0. The lowest BCUT2D eigenvalue weighted by atomic mass is 9.78. The standard InChI is InChI=1S/C14H26N2O2/c1-11(2)9-13(10-12(3)4)14(17-5,18-6)16-8-7-15-13/h7-8,11-12H,9-10H2,1-6H3. The van der Waals surface area contributed by atoms with Crippen molar-refractivity contribution >= 4 is 12.4 Å². The summed E-state index contributed by atoms with van der Waals surface area (Å²) in [7, 11) is 3.27. The zero-order valence-electron chi connectivity index (χ0n) is 12.4. The van der Waals surface area contributed by atoms with Gasteiger partial charge in [-0.2, -0.15) is 0 Å². The molecule has 0 bridgehead atoms. The fourth-order valence-corrected chi connectivity index (χ4v) is 2.88. The predicted molar refractivity (Wildman–Crippen MR) is 75.4 cm³/mol. The molecule has 0 spiro atoms. The smallest absolute Gasteiger partial charge is 0.295 e. The van der Waals surface area contributed by atoms with Crippen LogP contribution < -0.4 is 0 Å². The summed E-state index contributed by atoms with van der Waals surface area (Å²) in [4.78, 5) is 9.15. The van der Waals surface area contributed by atoms with Gasteiger partial charge in [0.05, 0.1) is 0 Å². The molecule has 18 heavy (non-hydrogen) atoms. The SMILES string of the molecule is COC1(OC)N=CC=NC1(CC(C)C)CC(C)C. The van der Waals surface area contributed by atoms with Crippen molar-refractivity contribution in [2.75, 3.05) is 14.2 Å². The maximum Gasteiger partial charge on any atom is 0.295 e. The Balaban J connectivity index is 3.19. The molecule has 4 heteroatoms. The topological polar surface area (TPSA) is 43.2 Å². The van der Waals surface area contributed by atoms with Crippen molar-refractivity contribution < 1.29 is 9.47 Å². The largest absolute Gasteiger partial charge is 0.333 e. The molecule has 0 radical (unpaired) electrons. The van der Waals surface area contributed by atoms with Crippen molar-refractivity contribution in [2.24, 2.45) is 21.8 Å². The summed E-state index contributed by atoms with van der Waals surface area (Å²) in [5, 5.41) is 0. The minimum Gasteiger partial charge on any atom is -0.333 e. The highest BCUT2D eigenvalue weighted by atomic mass is 16.7. The molecular weight excluding hydrogens is 228 g/mol. The summed E-state index contributed by atoms with van der Waals surface area (Å²) in [6.45, 7) is 8.75. The molecule has 0 amide bonds. The molecule has 0 aromatic heterocycles. The van der Waals surface area contributed by atoms with E-state index in [2.05, 4.69) is 32.7 Å². The van der Waals surface area contributed by atoms with Crippen LogP contribution >= 0.6 is 0 Å². The third-order valence-corrected chi connectivity index (χ3v) is 3.27. The van der Waals surface area contributed by atoms with E-state index in [1.807, 2.05) is 0 Å². The van der Waals surface area contributed by atoms with Gasteiger partial charge in [0.2, 0.25) is 0 Å². The van der Waals surface area contributed by atoms with Crippen molar-refractivity contribution in [1.29, 1.82) is 0 Å². The van der Waals surface area contributed by atoms with Gasteiger partial charge in [-0.15, -0.1) is 0 Å². The van der Waals surface area contributed by atoms with Gasteiger partial charge in [0.15, 0.2) is 0 Å². The van der Waals surface area contributed by atoms with Gasteiger partial charge in [-0.25, -0.2) is 4.99 Å². The molecule has 0 saturated heterocycles. The Hall–Kier alpha value is -0.740. The van der Waals surface area contributed by atoms with E-state index >= 15 is 0 Å². The lowest BCUT2D eigenvalue weighted by Gasteiger charge is -2.45. The van der Waals surface area contributed by atoms with Crippen molar-refractivity contribution in [3.63, 3.8) is 0 Å². The molecule has 0 aromatic carbocycles. The first-order chi connectivity index (χ1) is 8.41. The van der Waals surface area contributed by atoms with Crippen molar-refractivity contribution in [2.45, 2.75) is 52.0 Å². The first-order valence-corrected chi connectivity index (χ1v) is 6.60. The van der Waals surface area contributed by atoms with Gasteiger partial charge in [-0.05, 0) is 24.7 Å². The van der Waals surface area contributed by atoms with E-state index in [1.165, 1.54) is 0 Å². The Morgan fingerprint density at radius 3 is 1.72 bits per heavy atom. The first-order valence-electron chi connectivity index (χ1n) is 6.60. The lowest BCUT2D eigenvalue weighted by molar-refractivity contribution is -0.247. The molecule has 1 aliphatic heterocycles. The van der Waals surface area contributed by atoms with Gasteiger partial charge >= 0.3 is 0 Å². The van der Waals surface area contributed by atoms with Crippen LogP contribution in [0.3, 0.4) is 0 Å². The number of ether oxygens (including phenoxy) is 2. The van der Waals surface area contributed by atoms with Gasteiger partial charge in [0.1, 0.15) is 5.54 Å². The van der Waals surface area contributed by atoms with E-state index in [1.54, 1.807) is 26.6 Å². The van der Waals surface area contributed by atoms with E-state index in [4.69, 9.17) is 14.5 Å². The van der Waals surface area contributed by atoms with E-state index in [-0.39, 0.29) is 0 Å². The fourth-order valence-electron chi connectivity index (χ4n) is 2.88. The maximum atomic E-state index is 5.61. The molecule has 0 atom stereocenters. The Morgan fingerprint density at radius 2 is 1.33 bits per heavy atom. The summed E-state index contributed by atoms with van der Waals surface area (Å²) >= 11 is 0. The number of hydrogen-bond acceptors (Lipinski definition) is 4. The van der Waals surface area contributed by atoms with E-state index in [9.17, 15) is 0 Å². The normalized spacial score (nSPS) is 20.9. The minimum absolute atomic E-state index is 0.437. The summed E-state index contributed by atoms with van der Waals surface area (Å²) < 4.78 is 11.2. The Morgan fingerprint density at radius 1 is 0.889 bits per heavy atom. The van der Waals surface area contributed by atoms with Crippen LogP contribution in [-0.2, 0) is 9.47 Å². The number of aliphatic imine (C=N–C) groups is 2. The third-order valence-electron chi connectivity index (χ3n) is 3.27. The average molecular weight is 254 g/mol. The summed E-state index contributed by atoms with van der Waals surface area (Å²) in [5.41, 5.74) is -0.437. The Bertz CT molecular complexity index is 308. The Kier molecular flexibility index (Phi) is 5.05. The average Bonchev–Trinajstić information content (AvgIpc) is 2.28. The summed E-state index contributed by atoms with van der Waals surface area (Å²) in [5.74, 6) is 0.00812. The highest BCUT2D eigenvalue weighted by Gasteiger charge is 2.54. The lowest BCUT2D eigenvalue weighted by Crippen LogP contribution is -2.57. The van der Waals surface area contributed by atoms with Crippen LogP contribution in [0.1, 0.15) is 40.5 Å². The van der Waals surface area contributed by atoms with Crippen LogP contribution in [0, 0.1) is 11.8 Å². The van der Waals surface area contributed by atoms with Gasteiger partial charge in [0.25, 0.3) is 5.91 Å². The number of methoxy groups -OCH3 is 2. The molecule has 104 valence electrons. The van der Waals surface area contributed by atoms with Gasteiger partial charge < -0.3 is 9.47 Å². The summed E-state index contributed by atoms with van der Waals surface area (Å²) in [6.07, 6.45) is 5.20. The molecule has 4 nitrogen and oxygen atoms in total. The van der Waals surface area contributed by atoms with Gasteiger partial charge in [-0.1, -0.05) is 27.7 Å². The zero-order chi connectivity index (χ0) is 13.8. The monoisotopic (exact) mass is 254 g/mol. The molecule has 1 rings (SSSR count). The molecule has 0 aliphatic carbocycles. The quantitative estimate of drug-likeness (QED) is 0.684. The summed E-state index contributed by atoms with van der Waals surface area (Å²) in [6, 6.07) is 0. The van der Waals surface area contributed by atoms with E-state index in [0.29, 0.717) is 11.8 Å². The van der Waals surface area contributed by atoms with Crippen LogP contribution in [0.2, 0.25) is 0 Å². The first kappa shape index (κ1) is 15.3. The second-order valence-corrected chi connectivity index (χ2v) is 5.77. The molecule has 1 aliphatic rings. The zero-order valence-corrected chi connectivity index (χ0v) is 12.4. The molecule has 0 unspecified atom stereocenters.